The van der Waals surface area contributed by atoms with Crippen LogP contribution in [0.4, 0.5) is 5.69 Å². The molecule has 1 aliphatic heterocycles. The molecule has 1 heterocycles. The lowest BCUT2D eigenvalue weighted by molar-refractivity contribution is 0.0538. The van der Waals surface area contributed by atoms with E-state index in [1.54, 1.807) is 6.07 Å². The van der Waals surface area contributed by atoms with Crippen LogP contribution in [0.2, 0.25) is 0 Å². The number of nitrogen functional groups attached to an aromatic ring is 1. The van der Waals surface area contributed by atoms with Crippen molar-refractivity contribution in [3.8, 4) is 0 Å². The van der Waals surface area contributed by atoms with Gasteiger partial charge in [0.05, 0.1) is 0 Å². The molecular formula is C22H29N3O. The smallest absolute Gasteiger partial charge is 0.254 e. The lowest BCUT2D eigenvalue weighted by atomic mass is 9.95. The predicted octanol–water partition coefficient (Wildman–Crippen LogP) is 3.70. The number of nitrogens with zero attached hydrogens (tertiary/aromatic N) is 2. The standard InChI is InChI=1S/C22H29N3O/c1-16-9-10-19(23)14-21(16)22(26)24(3)20-11-12-25(17(2)13-20)15-18-7-5-4-6-8-18/h4-10,14,17,20H,11-13,15,23H2,1-3H3. The number of piperidine rings is 1. The highest BCUT2D eigenvalue weighted by Gasteiger charge is 2.30. The Hall–Kier alpha value is -2.33. The van der Waals surface area contributed by atoms with E-state index in [-0.39, 0.29) is 11.9 Å². The molecule has 1 aliphatic rings. The number of nitrogens with two attached hydrogens (primary N) is 1. The zero-order chi connectivity index (χ0) is 18.7. The molecule has 1 saturated heterocycles. The van der Waals surface area contributed by atoms with Gasteiger partial charge in [-0.25, -0.2) is 0 Å². The van der Waals surface area contributed by atoms with Crippen LogP contribution in [0.5, 0.6) is 0 Å². The lowest BCUT2D eigenvalue weighted by Gasteiger charge is -2.41. The average Bonchev–Trinajstić information content (AvgIpc) is 2.65. The number of amides is 1. The van der Waals surface area contributed by atoms with Gasteiger partial charge in [0.2, 0.25) is 0 Å². The SMILES string of the molecule is Cc1ccc(N)cc1C(=O)N(C)C1CCN(Cc2ccccc2)C(C)C1. The van der Waals surface area contributed by atoms with Crippen molar-refractivity contribution in [2.45, 2.75) is 45.3 Å². The van der Waals surface area contributed by atoms with Gasteiger partial charge in [-0.3, -0.25) is 9.69 Å². The second kappa shape index (κ2) is 7.92. The molecule has 2 N–H and O–H groups in total. The first kappa shape index (κ1) is 18.5. The molecular weight excluding hydrogens is 322 g/mol. The number of carbonyl (C=O) groups excluding carboxylic acids is 1. The number of hydrogen-bond donors (Lipinski definition) is 1. The van der Waals surface area contributed by atoms with Crippen LogP contribution in [-0.2, 0) is 6.54 Å². The van der Waals surface area contributed by atoms with E-state index >= 15 is 0 Å². The van der Waals surface area contributed by atoms with Crippen LogP contribution in [0.25, 0.3) is 0 Å². The first-order valence-electron chi connectivity index (χ1n) is 9.37. The highest BCUT2D eigenvalue weighted by atomic mass is 16.2. The Labute approximate surface area is 156 Å². The molecule has 3 rings (SSSR count). The Morgan fingerprint density at radius 1 is 1.23 bits per heavy atom. The number of carbonyl (C=O) groups is 1. The summed E-state index contributed by atoms with van der Waals surface area (Å²) in [6.45, 7) is 6.21. The summed E-state index contributed by atoms with van der Waals surface area (Å²) in [5.41, 5.74) is 9.55. The molecule has 0 spiro atoms. The molecule has 2 unspecified atom stereocenters. The highest BCUT2D eigenvalue weighted by Crippen LogP contribution is 2.25. The van der Waals surface area contributed by atoms with Gasteiger partial charge in [-0.15, -0.1) is 0 Å². The highest BCUT2D eigenvalue weighted by molar-refractivity contribution is 5.96. The zero-order valence-electron chi connectivity index (χ0n) is 16.0. The lowest BCUT2D eigenvalue weighted by Crippen LogP contribution is -2.49. The van der Waals surface area contributed by atoms with E-state index in [9.17, 15) is 4.79 Å². The van der Waals surface area contributed by atoms with Crippen molar-refractivity contribution in [1.82, 2.24) is 9.80 Å². The van der Waals surface area contributed by atoms with Crippen LogP contribution >= 0.6 is 0 Å². The Bertz CT molecular complexity index is 759. The Kier molecular flexibility index (Phi) is 5.62. The summed E-state index contributed by atoms with van der Waals surface area (Å²) in [7, 11) is 1.93. The molecule has 4 nitrogen and oxygen atoms in total. The number of benzene rings is 2. The Morgan fingerprint density at radius 3 is 2.65 bits per heavy atom. The molecule has 2 aromatic rings. The summed E-state index contributed by atoms with van der Waals surface area (Å²) >= 11 is 0. The normalized spacial score (nSPS) is 20.7. The fraction of sp³-hybridized carbons (Fsp3) is 0.409. The van der Waals surface area contributed by atoms with E-state index < -0.39 is 0 Å². The van der Waals surface area contributed by atoms with Gasteiger partial charge >= 0.3 is 0 Å². The van der Waals surface area contributed by atoms with Gasteiger partial charge in [0.25, 0.3) is 5.91 Å². The summed E-state index contributed by atoms with van der Waals surface area (Å²) in [5.74, 6) is 0.0727. The average molecular weight is 351 g/mol. The van der Waals surface area contributed by atoms with Crippen LogP contribution in [0.3, 0.4) is 0 Å². The maximum absolute atomic E-state index is 13.0. The maximum atomic E-state index is 13.0. The minimum absolute atomic E-state index is 0.0727. The summed E-state index contributed by atoms with van der Waals surface area (Å²) in [4.78, 5) is 17.4. The van der Waals surface area contributed by atoms with Gasteiger partial charge in [0.1, 0.15) is 0 Å². The van der Waals surface area contributed by atoms with E-state index in [0.717, 1.165) is 31.5 Å². The van der Waals surface area contributed by atoms with Gasteiger partial charge in [-0.1, -0.05) is 36.4 Å². The molecule has 0 aliphatic carbocycles. The van der Waals surface area contributed by atoms with Crippen molar-refractivity contribution in [2.24, 2.45) is 0 Å². The summed E-state index contributed by atoms with van der Waals surface area (Å²) in [6, 6.07) is 16.9. The third-order valence-corrected chi connectivity index (χ3v) is 5.57. The molecule has 4 heteroatoms. The molecule has 1 amide bonds. The van der Waals surface area contributed by atoms with Gasteiger partial charge in [-0.2, -0.15) is 0 Å². The number of anilines is 1. The predicted molar refractivity (Wildman–Crippen MR) is 107 cm³/mol. The monoisotopic (exact) mass is 351 g/mol. The fourth-order valence-electron chi connectivity index (χ4n) is 3.83. The van der Waals surface area contributed by atoms with Gasteiger partial charge in [-0.05, 0) is 49.9 Å². The molecule has 2 atom stereocenters. The first-order chi connectivity index (χ1) is 12.5. The Morgan fingerprint density at radius 2 is 1.96 bits per heavy atom. The van der Waals surface area contributed by atoms with Crippen molar-refractivity contribution in [3.05, 3.63) is 65.2 Å². The second-order valence-electron chi connectivity index (χ2n) is 7.47. The van der Waals surface area contributed by atoms with Crippen LogP contribution in [0.15, 0.2) is 48.5 Å². The number of rotatable bonds is 4. The number of likely N-dealkylation sites (tertiary alicyclic amines) is 1. The number of hydrogen-bond acceptors (Lipinski definition) is 3. The van der Waals surface area contributed by atoms with Crippen molar-refractivity contribution < 1.29 is 4.79 Å². The summed E-state index contributed by atoms with van der Waals surface area (Å²) in [6.07, 6.45) is 2.00. The van der Waals surface area contributed by atoms with Gasteiger partial charge in [0.15, 0.2) is 0 Å². The van der Waals surface area contributed by atoms with E-state index in [1.165, 1.54) is 5.56 Å². The minimum atomic E-state index is 0.0727. The zero-order valence-corrected chi connectivity index (χ0v) is 16.0. The van der Waals surface area contributed by atoms with E-state index in [2.05, 4.69) is 42.2 Å². The molecule has 138 valence electrons. The van der Waals surface area contributed by atoms with Crippen LogP contribution in [0.1, 0.15) is 41.3 Å². The summed E-state index contributed by atoms with van der Waals surface area (Å²) in [5, 5.41) is 0. The molecule has 2 aromatic carbocycles. The largest absolute Gasteiger partial charge is 0.399 e. The van der Waals surface area contributed by atoms with E-state index in [0.29, 0.717) is 17.3 Å². The topological polar surface area (TPSA) is 49.6 Å². The van der Waals surface area contributed by atoms with Crippen molar-refractivity contribution >= 4 is 11.6 Å². The number of aryl methyl sites for hydroxylation is 1. The summed E-state index contributed by atoms with van der Waals surface area (Å²) < 4.78 is 0. The maximum Gasteiger partial charge on any atom is 0.254 e. The van der Waals surface area contributed by atoms with Gasteiger partial charge < -0.3 is 10.6 Å². The fourth-order valence-corrected chi connectivity index (χ4v) is 3.83. The molecule has 26 heavy (non-hydrogen) atoms. The molecule has 1 fully saturated rings. The van der Waals surface area contributed by atoms with Crippen LogP contribution in [-0.4, -0.2) is 41.4 Å². The quantitative estimate of drug-likeness (QED) is 0.855. The third kappa shape index (κ3) is 4.07. The van der Waals surface area contributed by atoms with E-state index in [4.69, 9.17) is 5.73 Å². The van der Waals surface area contributed by atoms with Crippen LogP contribution in [0, 0.1) is 6.92 Å². The van der Waals surface area contributed by atoms with Gasteiger partial charge in [0, 0.05) is 43.5 Å². The van der Waals surface area contributed by atoms with Crippen molar-refractivity contribution in [2.75, 3.05) is 19.3 Å². The van der Waals surface area contributed by atoms with Crippen LogP contribution < -0.4 is 5.73 Å². The van der Waals surface area contributed by atoms with Crippen molar-refractivity contribution in [3.63, 3.8) is 0 Å². The second-order valence-corrected chi connectivity index (χ2v) is 7.47. The molecule has 0 saturated carbocycles. The molecule has 0 bridgehead atoms. The molecule has 0 aromatic heterocycles. The van der Waals surface area contributed by atoms with Crippen molar-refractivity contribution in [1.29, 1.82) is 0 Å². The first-order valence-corrected chi connectivity index (χ1v) is 9.37. The molecule has 0 radical (unpaired) electrons. The van der Waals surface area contributed by atoms with E-state index in [1.807, 2.05) is 31.0 Å². The minimum Gasteiger partial charge on any atom is -0.399 e. The third-order valence-electron chi connectivity index (χ3n) is 5.57. The Balaban J connectivity index is 1.64.